The van der Waals surface area contributed by atoms with E-state index in [1.165, 1.54) is 11.1 Å². The maximum absolute atomic E-state index is 11.8. The van der Waals surface area contributed by atoms with Crippen LogP contribution in [0, 0.1) is 0 Å². The molecule has 1 aliphatic rings. The van der Waals surface area contributed by atoms with E-state index in [0.717, 1.165) is 17.3 Å². The molecule has 1 aliphatic heterocycles. The van der Waals surface area contributed by atoms with Crippen LogP contribution in [0.5, 0.6) is 0 Å². The first kappa shape index (κ1) is 15.2. The molecular weight excluding hydrogens is 320 g/mol. The first-order chi connectivity index (χ1) is 9.60. The third-order valence-corrected chi connectivity index (χ3v) is 4.00. The molecule has 108 valence electrons. The number of aliphatic hydroxyl groups excluding tert-OH is 1. The number of rotatable bonds is 3. The van der Waals surface area contributed by atoms with Gasteiger partial charge in [-0.05, 0) is 30.5 Å². The molecule has 1 atom stereocenters. The van der Waals surface area contributed by atoms with Gasteiger partial charge in [0, 0.05) is 17.6 Å². The number of likely N-dealkylation sites (tertiary alicyclic amines) is 1. The number of carbonyl (C=O) groups is 1. The second-order valence-electron chi connectivity index (χ2n) is 4.97. The molecule has 1 heterocycles. The van der Waals surface area contributed by atoms with Crippen LogP contribution in [0.4, 0.5) is 0 Å². The fourth-order valence-corrected chi connectivity index (χ4v) is 2.53. The Kier molecular flexibility index (Phi) is 5.34. The molecular formula is C15H19BrN2O2. The molecule has 3 N–H and O–H groups in total. The molecule has 20 heavy (non-hydrogen) atoms. The van der Waals surface area contributed by atoms with E-state index in [4.69, 9.17) is 10.8 Å². The average molecular weight is 339 g/mol. The Balaban J connectivity index is 1.94. The van der Waals surface area contributed by atoms with Crippen molar-refractivity contribution < 1.29 is 9.90 Å². The Morgan fingerprint density at radius 1 is 1.35 bits per heavy atom. The Hall–Kier alpha value is -1.17. The second kappa shape index (κ2) is 7.02. The van der Waals surface area contributed by atoms with Gasteiger partial charge < -0.3 is 15.7 Å². The predicted octanol–water partition coefficient (Wildman–Crippen LogP) is 1.77. The van der Waals surface area contributed by atoms with E-state index in [-0.39, 0.29) is 12.5 Å². The second-order valence-corrected chi connectivity index (χ2v) is 5.88. The van der Waals surface area contributed by atoms with Gasteiger partial charge in [-0.1, -0.05) is 39.7 Å². The number of halogens is 1. The molecule has 0 aliphatic carbocycles. The molecule has 4 nitrogen and oxygen atoms in total. The Morgan fingerprint density at radius 2 is 1.95 bits per heavy atom. The first-order valence-corrected chi connectivity index (χ1v) is 7.49. The molecule has 5 heteroatoms. The lowest BCUT2D eigenvalue weighted by atomic mass is 10.0. The zero-order valence-electron chi connectivity index (χ0n) is 11.3. The molecule has 0 aromatic heterocycles. The van der Waals surface area contributed by atoms with E-state index < -0.39 is 6.04 Å². The number of hydrogen-bond acceptors (Lipinski definition) is 3. The minimum absolute atomic E-state index is 0.157. The summed E-state index contributed by atoms with van der Waals surface area (Å²) >= 11 is 3.42. The number of carbonyl (C=O) groups excluding carboxylic acids is 1. The van der Waals surface area contributed by atoms with Gasteiger partial charge in [0.25, 0.3) is 0 Å². The van der Waals surface area contributed by atoms with Crippen molar-refractivity contribution >= 4 is 27.9 Å². The van der Waals surface area contributed by atoms with Crippen molar-refractivity contribution in [2.24, 2.45) is 5.73 Å². The van der Waals surface area contributed by atoms with Gasteiger partial charge in [-0.2, -0.15) is 0 Å². The maximum Gasteiger partial charge on any atom is 0.241 e. The number of benzene rings is 1. The molecule has 0 bridgehead atoms. The summed E-state index contributed by atoms with van der Waals surface area (Å²) in [6.07, 6.45) is 3.90. The third kappa shape index (κ3) is 3.91. The van der Waals surface area contributed by atoms with Crippen molar-refractivity contribution in [3.63, 3.8) is 0 Å². The van der Waals surface area contributed by atoms with E-state index in [2.05, 4.69) is 34.1 Å². The van der Waals surface area contributed by atoms with Crippen LogP contribution in [-0.2, 0) is 4.79 Å². The molecule has 0 spiro atoms. The third-order valence-electron chi connectivity index (χ3n) is 3.47. The Morgan fingerprint density at radius 3 is 2.50 bits per heavy atom. The number of aliphatic hydroxyl groups is 1. The number of piperidine rings is 1. The number of amides is 1. The van der Waals surface area contributed by atoms with Crippen LogP contribution in [0.1, 0.15) is 18.4 Å². The van der Waals surface area contributed by atoms with Crippen molar-refractivity contribution in [2.75, 3.05) is 19.7 Å². The van der Waals surface area contributed by atoms with Gasteiger partial charge in [0.2, 0.25) is 5.91 Å². The van der Waals surface area contributed by atoms with Crippen molar-refractivity contribution in [3.8, 4) is 0 Å². The predicted molar refractivity (Wildman–Crippen MR) is 83.0 cm³/mol. The van der Waals surface area contributed by atoms with Crippen LogP contribution in [-0.4, -0.2) is 41.7 Å². The quantitative estimate of drug-likeness (QED) is 0.882. The minimum atomic E-state index is -0.785. The summed E-state index contributed by atoms with van der Waals surface area (Å²) in [5.74, 6) is -0.157. The molecule has 1 fully saturated rings. The van der Waals surface area contributed by atoms with Crippen LogP contribution in [0.15, 0.2) is 34.3 Å². The summed E-state index contributed by atoms with van der Waals surface area (Å²) in [4.78, 5) is 13.6. The smallest absolute Gasteiger partial charge is 0.241 e. The van der Waals surface area contributed by atoms with Crippen molar-refractivity contribution in [2.45, 2.75) is 18.9 Å². The van der Waals surface area contributed by atoms with Gasteiger partial charge in [-0.3, -0.25) is 4.79 Å². The Labute approximate surface area is 127 Å². The van der Waals surface area contributed by atoms with E-state index in [9.17, 15) is 4.79 Å². The highest BCUT2D eigenvalue weighted by Crippen LogP contribution is 2.20. The standard InChI is InChI=1S/C15H19BrN2O2/c16-13-3-1-11(2-4-13)9-12-5-7-18(8-6-12)15(20)14(17)10-19/h1-4,9,14,19H,5-8,10,17H2/t14-/m1/s1. The van der Waals surface area contributed by atoms with Gasteiger partial charge in [-0.15, -0.1) is 0 Å². The highest BCUT2D eigenvalue weighted by atomic mass is 79.9. The first-order valence-electron chi connectivity index (χ1n) is 6.70. The van der Waals surface area contributed by atoms with Gasteiger partial charge in [0.15, 0.2) is 0 Å². The van der Waals surface area contributed by atoms with Crippen molar-refractivity contribution in [3.05, 3.63) is 39.9 Å². The largest absolute Gasteiger partial charge is 0.394 e. The van der Waals surface area contributed by atoms with Gasteiger partial charge in [-0.25, -0.2) is 0 Å². The summed E-state index contributed by atoms with van der Waals surface area (Å²) in [6.45, 7) is 1.06. The highest BCUT2D eigenvalue weighted by molar-refractivity contribution is 9.10. The summed E-state index contributed by atoms with van der Waals surface area (Å²) in [5.41, 5.74) is 8.08. The van der Waals surface area contributed by atoms with Gasteiger partial charge >= 0.3 is 0 Å². The van der Waals surface area contributed by atoms with Gasteiger partial charge in [0.05, 0.1) is 6.61 Å². The molecule has 1 aromatic carbocycles. The average Bonchev–Trinajstić information content (AvgIpc) is 2.49. The highest BCUT2D eigenvalue weighted by Gasteiger charge is 2.23. The molecule has 1 saturated heterocycles. The number of nitrogens with two attached hydrogens (primary N) is 1. The van der Waals surface area contributed by atoms with Crippen LogP contribution in [0.25, 0.3) is 6.08 Å². The van der Waals surface area contributed by atoms with Crippen LogP contribution in [0.2, 0.25) is 0 Å². The molecule has 0 saturated carbocycles. The summed E-state index contributed by atoms with van der Waals surface area (Å²) in [5, 5.41) is 8.92. The molecule has 0 radical (unpaired) electrons. The lowest BCUT2D eigenvalue weighted by Gasteiger charge is -2.30. The molecule has 1 aromatic rings. The number of nitrogens with zero attached hydrogens (tertiary/aromatic N) is 1. The summed E-state index contributed by atoms with van der Waals surface area (Å²) in [6, 6.07) is 7.38. The van der Waals surface area contributed by atoms with E-state index in [1.54, 1.807) is 4.90 Å². The van der Waals surface area contributed by atoms with E-state index in [1.807, 2.05) is 12.1 Å². The van der Waals surface area contributed by atoms with E-state index in [0.29, 0.717) is 13.1 Å². The molecule has 2 rings (SSSR count). The normalized spacial score (nSPS) is 16.9. The SMILES string of the molecule is N[C@H](CO)C(=O)N1CCC(=Cc2ccc(Br)cc2)CC1. The lowest BCUT2D eigenvalue weighted by molar-refractivity contribution is -0.133. The zero-order valence-corrected chi connectivity index (χ0v) is 12.8. The van der Waals surface area contributed by atoms with Gasteiger partial charge in [0.1, 0.15) is 6.04 Å². The monoisotopic (exact) mass is 338 g/mol. The fraction of sp³-hybridized carbons (Fsp3) is 0.400. The number of hydrogen-bond donors (Lipinski definition) is 2. The van der Waals surface area contributed by atoms with Crippen molar-refractivity contribution in [1.82, 2.24) is 4.90 Å². The van der Waals surface area contributed by atoms with E-state index >= 15 is 0 Å². The summed E-state index contributed by atoms with van der Waals surface area (Å²) < 4.78 is 1.07. The molecule has 1 amide bonds. The van der Waals surface area contributed by atoms with Crippen LogP contribution < -0.4 is 5.73 Å². The summed E-state index contributed by atoms with van der Waals surface area (Å²) in [7, 11) is 0. The van der Waals surface area contributed by atoms with Crippen LogP contribution in [0.3, 0.4) is 0 Å². The maximum atomic E-state index is 11.8. The molecule has 0 unspecified atom stereocenters. The topological polar surface area (TPSA) is 66.6 Å². The fourth-order valence-electron chi connectivity index (χ4n) is 2.27. The van der Waals surface area contributed by atoms with Crippen LogP contribution >= 0.6 is 15.9 Å². The lowest BCUT2D eigenvalue weighted by Crippen LogP contribution is -2.47. The van der Waals surface area contributed by atoms with Crippen molar-refractivity contribution in [1.29, 1.82) is 0 Å². The minimum Gasteiger partial charge on any atom is -0.394 e. The zero-order chi connectivity index (χ0) is 14.5. The Bertz CT molecular complexity index is 489.